The lowest BCUT2D eigenvalue weighted by Crippen LogP contribution is -2.14. The van der Waals surface area contributed by atoms with Gasteiger partial charge in [0, 0.05) is 6.92 Å². The molecule has 0 aliphatic carbocycles. The molecule has 0 radical (unpaired) electrons. The topological polar surface area (TPSA) is 63.6 Å². The number of halogens is 3. The van der Waals surface area contributed by atoms with Gasteiger partial charge in [0.25, 0.3) is 0 Å². The maximum absolute atomic E-state index is 12.6. The molecule has 0 aromatic heterocycles. The zero-order valence-electron chi connectivity index (χ0n) is 8.54. The first-order valence-corrected chi connectivity index (χ1v) is 4.35. The van der Waals surface area contributed by atoms with Gasteiger partial charge in [-0.1, -0.05) is 6.07 Å². The molecule has 4 nitrogen and oxygen atoms in total. The van der Waals surface area contributed by atoms with Gasteiger partial charge in [-0.25, -0.2) is 4.79 Å². The van der Waals surface area contributed by atoms with E-state index in [1.807, 2.05) is 0 Å². The Hall–Kier alpha value is -2.05. The summed E-state index contributed by atoms with van der Waals surface area (Å²) in [6.45, 7) is 0.888. The molecule has 0 spiro atoms. The fourth-order valence-electron chi connectivity index (χ4n) is 1.18. The van der Waals surface area contributed by atoms with Crippen LogP contribution in [0.25, 0.3) is 0 Å². The van der Waals surface area contributed by atoms with Gasteiger partial charge in [-0.2, -0.15) is 13.2 Å². The molecule has 0 heterocycles. The zero-order valence-corrected chi connectivity index (χ0v) is 8.54. The minimum atomic E-state index is -4.80. The number of alkyl halides is 3. The van der Waals surface area contributed by atoms with Crippen molar-refractivity contribution >= 4 is 11.9 Å². The quantitative estimate of drug-likeness (QED) is 0.644. The van der Waals surface area contributed by atoms with Crippen molar-refractivity contribution in [1.29, 1.82) is 0 Å². The van der Waals surface area contributed by atoms with Crippen LogP contribution >= 0.6 is 0 Å². The molecule has 0 bridgehead atoms. The van der Waals surface area contributed by atoms with Crippen LogP contribution in [0.15, 0.2) is 18.2 Å². The van der Waals surface area contributed by atoms with Gasteiger partial charge in [0.05, 0.1) is 5.56 Å². The lowest BCUT2D eigenvalue weighted by molar-refractivity contribution is -0.141. The summed E-state index contributed by atoms with van der Waals surface area (Å²) in [7, 11) is 0. The van der Waals surface area contributed by atoms with Crippen molar-refractivity contribution in [3.63, 3.8) is 0 Å². The molecule has 0 saturated heterocycles. The van der Waals surface area contributed by atoms with Crippen molar-refractivity contribution in [2.24, 2.45) is 0 Å². The van der Waals surface area contributed by atoms with Crippen molar-refractivity contribution in [3.8, 4) is 5.75 Å². The first-order valence-electron chi connectivity index (χ1n) is 4.35. The van der Waals surface area contributed by atoms with Crippen molar-refractivity contribution in [3.05, 3.63) is 29.3 Å². The second-order valence-corrected chi connectivity index (χ2v) is 3.08. The highest BCUT2D eigenvalue weighted by Gasteiger charge is 2.36. The van der Waals surface area contributed by atoms with Crippen LogP contribution in [0.2, 0.25) is 0 Å². The number of ether oxygens (including phenoxy) is 1. The van der Waals surface area contributed by atoms with E-state index in [-0.39, 0.29) is 0 Å². The summed E-state index contributed by atoms with van der Waals surface area (Å²) in [5, 5.41) is 8.71. The second-order valence-electron chi connectivity index (χ2n) is 3.08. The number of hydrogen-bond donors (Lipinski definition) is 1. The highest BCUT2D eigenvalue weighted by molar-refractivity contribution is 5.92. The van der Waals surface area contributed by atoms with E-state index in [2.05, 4.69) is 4.74 Å². The Labute approximate surface area is 93.6 Å². The van der Waals surface area contributed by atoms with Gasteiger partial charge in [0.15, 0.2) is 5.75 Å². The predicted octanol–water partition coefficient (Wildman–Crippen LogP) is 2.33. The lowest BCUT2D eigenvalue weighted by atomic mass is 10.1. The van der Waals surface area contributed by atoms with Crippen LogP contribution in [-0.4, -0.2) is 17.0 Å². The van der Waals surface area contributed by atoms with Crippen LogP contribution in [-0.2, 0) is 11.0 Å². The summed E-state index contributed by atoms with van der Waals surface area (Å²) >= 11 is 0. The lowest BCUT2D eigenvalue weighted by Gasteiger charge is -2.13. The first kappa shape index (κ1) is 13.0. The summed E-state index contributed by atoms with van der Waals surface area (Å²) in [5.41, 5.74) is -2.01. The minimum absolute atomic E-state index is 0.644. The van der Waals surface area contributed by atoms with Crippen LogP contribution in [0.4, 0.5) is 13.2 Å². The highest BCUT2D eigenvalue weighted by atomic mass is 19.4. The third-order valence-corrected chi connectivity index (χ3v) is 1.80. The highest BCUT2D eigenvalue weighted by Crippen LogP contribution is 2.38. The number of hydrogen-bond acceptors (Lipinski definition) is 3. The SMILES string of the molecule is CC(=O)Oc1c(C(=O)O)cccc1C(F)(F)F. The maximum Gasteiger partial charge on any atom is 0.420 e. The molecule has 1 aromatic carbocycles. The maximum atomic E-state index is 12.6. The van der Waals surface area contributed by atoms with Crippen molar-refractivity contribution < 1.29 is 32.6 Å². The number of carboxylic acid groups (broad SMARTS) is 1. The number of benzene rings is 1. The largest absolute Gasteiger partial charge is 0.478 e. The molecule has 1 aromatic rings. The Kier molecular flexibility index (Phi) is 3.40. The zero-order chi connectivity index (χ0) is 13.2. The first-order chi connectivity index (χ1) is 7.73. The standard InChI is InChI=1S/C10H7F3O4/c1-5(14)17-8-6(9(15)16)3-2-4-7(8)10(11,12)13/h2-4H,1H3,(H,15,16). The van der Waals surface area contributed by atoms with Crippen molar-refractivity contribution in [2.45, 2.75) is 13.1 Å². The third-order valence-electron chi connectivity index (χ3n) is 1.80. The average molecular weight is 248 g/mol. The van der Waals surface area contributed by atoms with E-state index in [1.54, 1.807) is 0 Å². The molecule has 1 rings (SSSR count). The fraction of sp³-hybridized carbons (Fsp3) is 0.200. The number of esters is 1. The number of carbonyl (C=O) groups is 2. The van der Waals surface area contributed by atoms with Gasteiger partial charge in [0.1, 0.15) is 5.56 Å². The molecule has 0 aliphatic rings. The van der Waals surface area contributed by atoms with Crippen LogP contribution in [0, 0.1) is 0 Å². The number of aromatic carboxylic acids is 1. The van der Waals surface area contributed by atoms with E-state index >= 15 is 0 Å². The minimum Gasteiger partial charge on any atom is -0.478 e. The summed E-state index contributed by atoms with van der Waals surface area (Å²) < 4.78 is 42.0. The third kappa shape index (κ3) is 2.96. The summed E-state index contributed by atoms with van der Waals surface area (Å²) in [4.78, 5) is 21.4. The van der Waals surface area contributed by atoms with Gasteiger partial charge < -0.3 is 9.84 Å². The monoisotopic (exact) mass is 248 g/mol. The molecule has 0 amide bonds. The van der Waals surface area contributed by atoms with Crippen molar-refractivity contribution in [1.82, 2.24) is 0 Å². The van der Waals surface area contributed by atoms with E-state index < -0.39 is 35.0 Å². The van der Waals surface area contributed by atoms with Crippen LogP contribution < -0.4 is 4.74 Å². The molecule has 7 heteroatoms. The average Bonchev–Trinajstić information content (AvgIpc) is 2.14. The van der Waals surface area contributed by atoms with Gasteiger partial charge >= 0.3 is 18.1 Å². The van der Waals surface area contributed by atoms with E-state index in [0.717, 1.165) is 19.1 Å². The Morgan fingerprint density at radius 2 is 1.88 bits per heavy atom. The van der Waals surface area contributed by atoms with E-state index in [1.165, 1.54) is 0 Å². The Balaban J connectivity index is 3.45. The molecule has 0 atom stereocenters. The van der Waals surface area contributed by atoms with E-state index in [0.29, 0.717) is 6.07 Å². The van der Waals surface area contributed by atoms with Crippen LogP contribution in [0.1, 0.15) is 22.8 Å². The Morgan fingerprint density at radius 3 is 2.29 bits per heavy atom. The number of rotatable bonds is 2. The normalized spacial score (nSPS) is 11.1. The van der Waals surface area contributed by atoms with E-state index in [4.69, 9.17) is 5.11 Å². The number of carboxylic acids is 1. The number of para-hydroxylation sites is 1. The van der Waals surface area contributed by atoms with E-state index in [9.17, 15) is 22.8 Å². The molecular weight excluding hydrogens is 241 g/mol. The summed E-state index contributed by atoms with van der Waals surface area (Å²) in [6.07, 6.45) is -4.80. The molecule has 0 fully saturated rings. The molecular formula is C10H7F3O4. The Morgan fingerprint density at radius 1 is 1.29 bits per heavy atom. The van der Waals surface area contributed by atoms with Gasteiger partial charge in [-0.05, 0) is 12.1 Å². The molecule has 92 valence electrons. The van der Waals surface area contributed by atoms with Crippen LogP contribution in [0.3, 0.4) is 0 Å². The molecule has 1 N–H and O–H groups in total. The second kappa shape index (κ2) is 4.44. The summed E-state index contributed by atoms with van der Waals surface area (Å²) in [6, 6.07) is 2.50. The van der Waals surface area contributed by atoms with Crippen LogP contribution in [0.5, 0.6) is 5.75 Å². The van der Waals surface area contributed by atoms with Crippen molar-refractivity contribution in [2.75, 3.05) is 0 Å². The molecule has 17 heavy (non-hydrogen) atoms. The van der Waals surface area contributed by atoms with Gasteiger partial charge in [-0.15, -0.1) is 0 Å². The predicted molar refractivity (Wildman–Crippen MR) is 49.7 cm³/mol. The summed E-state index contributed by atoms with van der Waals surface area (Å²) in [5.74, 6) is -3.61. The van der Waals surface area contributed by atoms with Gasteiger partial charge in [-0.3, -0.25) is 4.79 Å². The molecule has 0 saturated carbocycles. The smallest absolute Gasteiger partial charge is 0.420 e. The van der Waals surface area contributed by atoms with Gasteiger partial charge in [0.2, 0.25) is 0 Å². The fourth-order valence-corrected chi connectivity index (χ4v) is 1.18. The molecule has 0 unspecified atom stereocenters. The molecule has 0 aliphatic heterocycles. The number of carbonyl (C=O) groups excluding carboxylic acids is 1. The Bertz CT molecular complexity index is 465.